The lowest BCUT2D eigenvalue weighted by Gasteiger charge is -2.39. The van der Waals surface area contributed by atoms with E-state index in [1.54, 1.807) is 0 Å². The molecular formula is C22H28N10. The molecule has 166 valence electrons. The number of aromatic nitrogens is 3. The van der Waals surface area contributed by atoms with E-state index >= 15 is 0 Å². The number of aliphatic imine (C=N–C) groups is 2. The minimum atomic E-state index is -1.24. The molecule has 0 bridgehead atoms. The van der Waals surface area contributed by atoms with Crippen LogP contribution < -0.4 is 5.32 Å². The van der Waals surface area contributed by atoms with Crippen LogP contribution in [0.25, 0.3) is 0 Å². The second kappa shape index (κ2) is 9.37. The quantitative estimate of drug-likeness (QED) is 0.747. The summed E-state index contributed by atoms with van der Waals surface area (Å²) in [6.07, 6.45) is 9.93. The van der Waals surface area contributed by atoms with Crippen molar-refractivity contribution in [2.24, 2.45) is 20.2 Å². The molecule has 0 saturated carbocycles. The summed E-state index contributed by atoms with van der Waals surface area (Å²) < 4.78 is 0. The van der Waals surface area contributed by atoms with Crippen molar-refractivity contribution in [3.63, 3.8) is 0 Å². The molecule has 10 heteroatoms. The molecule has 0 aliphatic carbocycles. The molecule has 32 heavy (non-hydrogen) atoms. The Morgan fingerprint density at radius 3 is 1.88 bits per heavy atom. The summed E-state index contributed by atoms with van der Waals surface area (Å²) in [5.41, 5.74) is 0.850. The van der Waals surface area contributed by atoms with Gasteiger partial charge in [0.2, 0.25) is 11.9 Å². The van der Waals surface area contributed by atoms with Crippen LogP contribution in [0, 0.1) is 0 Å². The Labute approximate surface area is 187 Å². The summed E-state index contributed by atoms with van der Waals surface area (Å²) in [5, 5.41) is 12.5. The zero-order valence-corrected chi connectivity index (χ0v) is 18.1. The fourth-order valence-electron chi connectivity index (χ4n) is 4.28. The number of piperidine rings is 2. The van der Waals surface area contributed by atoms with Crippen molar-refractivity contribution in [1.29, 1.82) is 0 Å². The fraction of sp³-hybridized carbons (Fsp3) is 0.500. The largest absolute Gasteiger partial charge is 0.343 e. The third-order valence-corrected chi connectivity index (χ3v) is 5.98. The van der Waals surface area contributed by atoms with E-state index in [0.29, 0.717) is 0 Å². The van der Waals surface area contributed by atoms with Crippen LogP contribution in [-0.4, -0.2) is 62.8 Å². The summed E-state index contributed by atoms with van der Waals surface area (Å²) in [7, 11) is 0. The maximum absolute atomic E-state index is 5.05. The van der Waals surface area contributed by atoms with Gasteiger partial charge in [0.25, 0.3) is 11.7 Å². The third kappa shape index (κ3) is 4.44. The number of nitrogens with zero attached hydrogens (tertiary/aromatic N) is 9. The van der Waals surface area contributed by atoms with Gasteiger partial charge in [-0.05, 0) is 38.5 Å². The highest BCUT2D eigenvalue weighted by atomic mass is 15.5. The van der Waals surface area contributed by atoms with Gasteiger partial charge in [0.15, 0.2) is 0 Å². The minimum Gasteiger partial charge on any atom is -0.343 e. The number of rotatable bonds is 3. The molecule has 2 fully saturated rings. The molecule has 0 spiro atoms. The molecule has 3 aliphatic rings. The molecular weight excluding hydrogens is 404 g/mol. The fourth-order valence-corrected chi connectivity index (χ4v) is 4.28. The van der Waals surface area contributed by atoms with Gasteiger partial charge in [0.05, 0.1) is 0 Å². The minimum absolute atomic E-state index is 0.235. The highest BCUT2D eigenvalue weighted by Gasteiger charge is 2.39. The predicted octanol–water partition coefficient (Wildman–Crippen LogP) is 3.05. The number of guanidine groups is 2. The molecule has 0 unspecified atom stereocenters. The molecule has 2 saturated heterocycles. The van der Waals surface area contributed by atoms with Gasteiger partial charge in [0, 0.05) is 31.7 Å². The SMILES string of the molecule is c1ccc(C2(N=Nc3ncncn3)N=C(N3CCCCC3)NC(N3CCCCC3)=N2)cc1. The molecule has 0 amide bonds. The Balaban J connectivity index is 1.60. The molecule has 4 heterocycles. The Morgan fingerprint density at radius 1 is 0.750 bits per heavy atom. The van der Waals surface area contributed by atoms with Crippen molar-refractivity contribution in [2.45, 2.75) is 44.3 Å². The first-order valence-electron chi connectivity index (χ1n) is 11.4. The number of hydrogen-bond acceptors (Lipinski definition) is 10. The van der Waals surface area contributed by atoms with Crippen molar-refractivity contribution in [3.8, 4) is 0 Å². The van der Waals surface area contributed by atoms with Gasteiger partial charge in [-0.25, -0.2) is 4.98 Å². The van der Waals surface area contributed by atoms with Crippen LogP contribution in [0.4, 0.5) is 5.95 Å². The lowest BCUT2D eigenvalue weighted by Crippen LogP contribution is -2.56. The first-order valence-corrected chi connectivity index (χ1v) is 11.4. The van der Waals surface area contributed by atoms with Crippen LogP contribution >= 0.6 is 0 Å². The lowest BCUT2D eigenvalue weighted by atomic mass is 10.1. The molecule has 5 rings (SSSR count). The molecule has 1 aromatic carbocycles. The van der Waals surface area contributed by atoms with E-state index in [-0.39, 0.29) is 5.95 Å². The lowest BCUT2D eigenvalue weighted by molar-refractivity contribution is 0.302. The van der Waals surface area contributed by atoms with Crippen LogP contribution in [0.2, 0.25) is 0 Å². The maximum Gasteiger partial charge on any atom is 0.297 e. The van der Waals surface area contributed by atoms with Crippen molar-refractivity contribution in [1.82, 2.24) is 30.1 Å². The zero-order valence-electron chi connectivity index (χ0n) is 18.1. The third-order valence-electron chi connectivity index (χ3n) is 5.98. The van der Waals surface area contributed by atoms with Crippen molar-refractivity contribution >= 4 is 17.9 Å². The maximum atomic E-state index is 5.05. The molecule has 3 aliphatic heterocycles. The normalized spacial score (nSPS) is 21.1. The van der Waals surface area contributed by atoms with Gasteiger partial charge in [-0.3, -0.25) is 5.32 Å². The van der Waals surface area contributed by atoms with Gasteiger partial charge in [0.1, 0.15) is 12.7 Å². The summed E-state index contributed by atoms with van der Waals surface area (Å²) in [6, 6.07) is 9.91. The van der Waals surface area contributed by atoms with Crippen LogP contribution in [0.1, 0.15) is 44.1 Å². The highest BCUT2D eigenvalue weighted by Crippen LogP contribution is 2.34. The number of azo groups is 1. The molecule has 2 aromatic rings. The number of hydrogen-bond donors (Lipinski definition) is 1. The monoisotopic (exact) mass is 432 g/mol. The molecule has 10 nitrogen and oxygen atoms in total. The van der Waals surface area contributed by atoms with E-state index in [9.17, 15) is 0 Å². The van der Waals surface area contributed by atoms with E-state index in [0.717, 1.165) is 69.3 Å². The Kier molecular flexibility index (Phi) is 6.00. The van der Waals surface area contributed by atoms with E-state index in [1.807, 2.05) is 30.3 Å². The molecule has 1 aromatic heterocycles. The second-order valence-electron chi connectivity index (χ2n) is 8.23. The molecule has 0 radical (unpaired) electrons. The number of likely N-dealkylation sites (tertiary alicyclic amines) is 2. The standard InChI is InChI=1S/C22H28N10/c1-4-10-18(11-5-1)22(30-29-19-24-16-23-17-25-19)27-20(31-12-6-2-7-13-31)26-21(28-22)32-14-8-3-9-15-32/h1,4-5,10-11,16-17H,2-3,6-9,12-15H2,(H,26,27,28). The summed E-state index contributed by atoms with van der Waals surface area (Å²) >= 11 is 0. The van der Waals surface area contributed by atoms with Crippen molar-refractivity contribution in [2.75, 3.05) is 26.2 Å². The topological polar surface area (TPSA) is 107 Å². The summed E-state index contributed by atoms with van der Waals surface area (Å²) in [5.74, 6) is 0.606. The average molecular weight is 433 g/mol. The van der Waals surface area contributed by atoms with E-state index in [1.165, 1.54) is 25.5 Å². The zero-order chi connectivity index (χ0) is 21.6. The van der Waals surface area contributed by atoms with Crippen molar-refractivity contribution in [3.05, 3.63) is 48.5 Å². The van der Waals surface area contributed by atoms with Crippen LogP contribution in [0.3, 0.4) is 0 Å². The summed E-state index contributed by atoms with van der Waals surface area (Å²) in [6.45, 7) is 3.87. The van der Waals surface area contributed by atoms with Gasteiger partial charge in [-0.2, -0.15) is 20.0 Å². The van der Waals surface area contributed by atoms with Gasteiger partial charge < -0.3 is 9.80 Å². The van der Waals surface area contributed by atoms with Crippen LogP contribution in [-0.2, 0) is 5.79 Å². The van der Waals surface area contributed by atoms with Crippen LogP contribution in [0.15, 0.2) is 63.2 Å². The Hall–Kier alpha value is -3.43. The van der Waals surface area contributed by atoms with Crippen LogP contribution in [0.5, 0.6) is 0 Å². The average Bonchev–Trinajstić information content (AvgIpc) is 2.89. The molecule has 0 atom stereocenters. The van der Waals surface area contributed by atoms with E-state index < -0.39 is 5.79 Å². The Bertz CT molecular complexity index is 942. The van der Waals surface area contributed by atoms with Gasteiger partial charge >= 0.3 is 0 Å². The number of nitrogens with one attached hydrogen (secondary N) is 1. The van der Waals surface area contributed by atoms with Gasteiger partial charge in [-0.15, -0.1) is 10.2 Å². The number of benzene rings is 1. The molecule has 1 N–H and O–H groups in total. The first kappa shape index (κ1) is 20.5. The van der Waals surface area contributed by atoms with Crippen molar-refractivity contribution < 1.29 is 0 Å². The summed E-state index contributed by atoms with van der Waals surface area (Å²) in [4.78, 5) is 26.8. The smallest absolute Gasteiger partial charge is 0.297 e. The predicted molar refractivity (Wildman–Crippen MR) is 121 cm³/mol. The Morgan fingerprint density at radius 2 is 1.31 bits per heavy atom. The second-order valence-corrected chi connectivity index (χ2v) is 8.23. The first-order chi connectivity index (χ1) is 15.8. The van der Waals surface area contributed by atoms with Gasteiger partial charge in [-0.1, -0.05) is 30.3 Å². The van der Waals surface area contributed by atoms with E-state index in [2.05, 4.69) is 40.3 Å². The highest BCUT2D eigenvalue weighted by molar-refractivity contribution is 6.00. The van der Waals surface area contributed by atoms with E-state index in [4.69, 9.17) is 9.98 Å².